The summed E-state index contributed by atoms with van der Waals surface area (Å²) in [6.07, 6.45) is 8.96. The van der Waals surface area contributed by atoms with E-state index >= 15 is 0 Å². The molecule has 4 saturated heterocycles. The number of nitrogens with zero attached hydrogens (tertiary/aromatic N) is 4. The molecular formula is C96H144N16O25S2. The van der Waals surface area contributed by atoms with Crippen molar-refractivity contribution < 1.29 is 121 Å². The van der Waals surface area contributed by atoms with Crippen molar-refractivity contribution in [1.29, 1.82) is 0 Å². The smallest absolute Gasteiger partial charge is 0.303 e. The van der Waals surface area contributed by atoms with Crippen molar-refractivity contribution >= 4 is 135 Å². The van der Waals surface area contributed by atoms with E-state index in [1.165, 1.54) is 47.9 Å². The lowest BCUT2D eigenvalue weighted by atomic mass is 9.85. The van der Waals surface area contributed by atoms with Crippen LogP contribution < -0.4 is 60.2 Å². The fraction of sp³-hybridized carbons (Fsp3) is 0.646. The average Bonchev–Trinajstić information content (AvgIpc) is 1.68. The third kappa shape index (κ3) is 43.0. The van der Waals surface area contributed by atoms with E-state index in [9.17, 15) is 102 Å². The molecule has 11 amide bonds. The molecule has 43 heteroatoms. The molecule has 0 saturated carbocycles. The number of carbonyl (C=O) groups is 18. The van der Waals surface area contributed by atoms with Gasteiger partial charge in [0.05, 0.1) is 82.2 Å². The Hall–Kier alpha value is -11.0. The number of nitrogens with two attached hydrogens (primary N) is 4. The van der Waals surface area contributed by atoms with Gasteiger partial charge in [-0.15, -0.1) is 0 Å². The maximum atomic E-state index is 14.5. The zero-order valence-electron chi connectivity index (χ0n) is 80.4. The maximum Gasteiger partial charge on any atom is 0.303 e. The van der Waals surface area contributed by atoms with Crippen LogP contribution in [0.4, 0.5) is 0 Å². The Kier molecular flexibility index (Phi) is 53.5. The van der Waals surface area contributed by atoms with E-state index in [2.05, 4.69) is 52.2 Å². The van der Waals surface area contributed by atoms with Gasteiger partial charge in [0.2, 0.25) is 65.0 Å². The number of aromatic amines is 1. The fourth-order valence-corrected chi connectivity index (χ4v) is 19.1. The second-order valence-corrected chi connectivity index (χ2v) is 37.9. The monoisotopic (exact) mass is 1980 g/mol. The third-order valence-corrected chi connectivity index (χ3v) is 26.9. The summed E-state index contributed by atoms with van der Waals surface area (Å²) >= 11 is 3.40. The van der Waals surface area contributed by atoms with Crippen molar-refractivity contribution in [1.82, 2.24) is 57.0 Å². The number of guanidine groups is 1. The minimum atomic E-state index is -1.36. The molecule has 1 aromatic heterocycles. The Labute approximate surface area is 819 Å². The highest BCUT2D eigenvalue weighted by molar-refractivity contribution is 8.00. The topological polar surface area (TPSA) is 641 Å². The average molecular weight is 1990 g/mol. The lowest BCUT2D eigenvalue weighted by molar-refractivity contribution is -0.144. The first-order valence-electron chi connectivity index (χ1n) is 47.9. The van der Waals surface area contributed by atoms with Crippen molar-refractivity contribution in [2.24, 2.45) is 63.4 Å². The summed E-state index contributed by atoms with van der Waals surface area (Å²) < 4.78 is 21.8. The number of carboxylic acid groups (broad SMARTS) is 1. The van der Waals surface area contributed by atoms with E-state index in [0.717, 1.165) is 30.6 Å². The largest absolute Gasteiger partial charge is 0.481 e. The maximum absolute atomic E-state index is 14.5. The van der Waals surface area contributed by atoms with Crippen molar-refractivity contribution in [3.05, 3.63) is 90.0 Å². The number of carbonyl (C=O) groups excluding carboxylic acids is 17. The summed E-state index contributed by atoms with van der Waals surface area (Å²) in [4.78, 5) is 248. The molecule has 0 bridgehead atoms. The van der Waals surface area contributed by atoms with Gasteiger partial charge in [-0.05, 0) is 127 Å². The molecule has 0 aliphatic carbocycles. The van der Waals surface area contributed by atoms with Crippen LogP contribution >= 0.6 is 23.5 Å². The molecule has 0 radical (unpaired) electrons. The minimum Gasteiger partial charge on any atom is -0.481 e. The summed E-state index contributed by atoms with van der Waals surface area (Å²) in [6.45, 7) is 7.24. The molecule has 3 aromatic rings. The number of hydrogen-bond acceptors (Lipinski definition) is 28. The molecule has 0 spiro atoms. The standard InChI is InChI=1S/C50H69N11O11.C46H75N5O14S2/c1-29(22-32-12-6-4-7-13-32)45(68)60-43(31(3)62)49(72)61-21-11-17-39(61)48(71)59-38(26-36-27-54-28-56-36)41(64)25-35(23-33-14-8-5-9-15-33)47(70)57-30(2)40(63)24-34(18-19-42(65)66)46(69)58-37(44(51)67)16-10-20-55-50(52)53;1-3-38(54)37-10-6-16-51(37)46(61)32(27-52)25-39(55)31(12-13-42(47)57)24-40(56)35(14-23-66-2)49-45(60)29-65-22-20-63-18-15-48-44(59)28-64-21-19-62-17-7-9-33(53)8-4-5-11-41-34-26-43(58)50-36(34)30-67-41/h4-9,12-15,27-31,34-35,37-39,43,62H,10-11,16-26H2,1-3H3,(H2,51,67)(H,54,56)(H,57,70)(H,58,69)(H,59,71)(H,60,68)(H,65,66)(H4,52,53,55);31-32,34-37,41,52H,3-30H2,1-2H3,(H2,47,57)(H,48,59)(H,49,60)(H,50,58)/t29-,30-,31+,34+,35+,37-,38-,39-,43-;31-,32+,34+,35+,36+,37+,41+/m01/s1. The Morgan fingerprint density at radius 3 is 1.83 bits per heavy atom. The second kappa shape index (κ2) is 63.7. The van der Waals surface area contributed by atoms with Crippen molar-refractivity contribution in [3.8, 4) is 0 Å². The molecule has 5 heterocycles. The van der Waals surface area contributed by atoms with E-state index in [-0.39, 0.29) is 166 Å². The number of imidazole rings is 1. The molecule has 2 aromatic carbocycles. The number of nitrogens with one attached hydrogen (secondary N) is 8. The molecule has 16 atom stereocenters. The zero-order chi connectivity index (χ0) is 102. The van der Waals surface area contributed by atoms with Crippen LogP contribution in [0.1, 0.15) is 192 Å². The predicted molar refractivity (Wildman–Crippen MR) is 516 cm³/mol. The number of benzene rings is 2. The minimum absolute atomic E-state index is 0.0344. The van der Waals surface area contributed by atoms with Crippen molar-refractivity contribution in [2.45, 2.75) is 254 Å². The Morgan fingerprint density at radius 1 is 0.604 bits per heavy atom. The summed E-state index contributed by atoms with van der Waals surface area (Å²) in [5.41, 5.74) is 23.7. The first-order valence-corrected chi connectivity index (χ1v) is 50.4. The molecule has 7 rings (SSSR count). The third-order valence-electron chi connectivity index (χ3n) is 24.7. The number of amides is 11. The number of aliphatic hydroxyl groups excluding tert-OH is 2. The molecule has 4 fully saturated rings. The van der Waals surface area contributed by atoms with E-state index in [4.69, 9.17) is 41.9 Å². The van der Waals surface area contributed by atoms with Crippen molar-refractivity contribution in [2.75, 3.05) is 103 Å². The highest BCUT2D eigenvalue weighted by Crippen LogP contribution is 2.41. The van der Waals surface area contributed by atoms with Crippen LogP contribution in [-0.2, 0) is 125 Å². The summed E-state index contributed by atoms with van der Waals surface area (Å²) in [6, 6.07) is 10.8. The number of H-pyrrole nitrogens is 1. The van der Waals surface area contributed by atoms with E-state index < -0.39 is 186 Å². The molecule has 770 valence electrons. The number of Topliss-reactive ketones (excluding diaryl/α,β-unsaturated/α-hetero) is 6. The second-order valence-electron chi connectivity index (χ2n) is 35.7. The number of primary amides is 2. The van der Waals surface area contributed by atoms with Gasteiger partial charge in [0.15, 0.2) is 29.1 Å². The number of rotatable bonds is 69. The van der Waals surface area contributed by atoms with Crippen LogP contribution in [0.2, 0.25) is 0 Å². The molecule has 4 aliphatic rings. The van der Waals surface area contributed by atoms with Crippen LogP contribution in [0.3, 0.4) is 0 Å². The van der Waals surface area contributed by atoms with Gasteiger partial charge in [0, 0.05) is 162 Å². The van der Waals surface area contributed by atoms with Gasteiger partial charge in [-0.1, -0.05) is 80.9 Å². The van der Waals surface area contributed by atoms with Gasteiger partial charge in [0.1, 0.15) is 42.9 Å². The van der Waals surface area contributed by atoms with Gasteiger partial charge in [-0.2, -0.15) is 23.5 Å². The fourth-order valence-electron chi connectivity index (χ4n) is 16.9. The van der Waals surface area contributed by atoms with Gasteiger partial charge in [0.25, 0.3) is 0 Å². The van der Waals surface area contributed by atoms with E-state index in [1.807, 2.05) is 48.3 Å². The first-order chi connectivity index (χ1) is 66.5. The number of unbranched alkanes of at least 4 members (excludes halogenated alkanes) is 1. The molecule has 139 heavy (non-hydrogen) atoms. The first kappa shape index (κ1) is 117. The Balaban J connectivity index is 0.000000427. The van der Waals surface area contributed by atoms with Crippen LogP contribution in [0.5, 0.6) is 0 Å². The highest BCUT2D eigenvalue weighted by atomic mass is 32.2. The van der Waals surface area contributed by atoms with Gasteiger partial charge >= 0.3 is 5.97 Å². The van der Waals surface area contributed by atoms with E-state index in [1.54, 1.807) is 44.2 Å². The van der Waals surface area contributed by atoms with Crippen LogP contribution in [0, 0.1) is 35.5 Å². The number of hydrogen-bond donors (Lipinski definition) is 15. The number of ether oxygens (including phenoxy) is 4. The predicted octanol–water partition coefficient (Wildman–Crippen LogP) is 1.27. The Morgan fingerprint density at radius 2 is 1.21 bits per heavy atom. The van der Waals surface area contributed by atoms with E-state index in [0.29, 0.717) is 105 Å². The van der Waals surface area contributed by atoms with Crippen LogP contribution in [0.25, 0.3) is 0 Å². The molecule has 41 nitrogen and oxygen atoms in total. The van der Waals surface area contributed by atoms with Gasteiger partial charge in [-0.25, -0.2) is 4.98 Å². The van der Waals surface area contributed by atoms with Crippen LogP contribution in [-0.4, -0.2) is 310 Å². The molecule has 4 aliphatic heterocycles. The number of aliphatic carboxylic acids is 1. The number of thioether (sulfide) groups is 2. The zero-order valence-corrected chi connectivity index (χ0v) is 82.0. The summed E-state index contributed by atoms with van der Waals surface area (Å²) in [5, 5.41) is 49.8. The number of aliphatic imine (C=N–C) groups is 1. The number of fused-ring (bicyclic) bond motifs is 1. The summed E-state index contributed by atoms with van der Waals surface area (Å²) in [5.74, 6) is -12.4. The number of likely N-dealkylation sites (tertiary alicyclic amines) is 2. The SMILES string of the molecule is CCC(=O)[C@@H]1CCCN1C(=O)[C@H](CO)CC(=O)[C@H](CCC(N)=O)CC(=O)[C@H](CCSC)NC(=O)COCCOCCNC(=O)COCCOCCCC(=O)CCCC[C@@H]1SC[C@@H]2NC(=O)C[C@@H]21.C[C@H](NC(=O)[C@@H](CC(=O)[C@H](Cc1cnc[nH]1)NC(=O)[C@@H]1CCCN1C(=O)[C@@H](NC(=O)[C@@H](C)Cc1ccccc1)[C@@H](C)O)Cc1ccccc1)C(=O)C[C@@H](CCC(=O)O)C(=O)N[C@@H](CCCN=C(N)N)C(N)=O. The summed E-state index contributed by atoms with van der Waals surface area (Å²) in [7, 11) is 0. The molecular weight excluding hydrogens is 1840 g/mol. The number of carboxylic acids is 1. The lowest BCUT2D eigenvalue weighted by Gasteiger charge is -2.31. The number of ketones is 6. The Bertz CT molecular complexity index is 4520. The van der Waals surface area contributed by atoms with Crippen LogP contribution in [0.15, 0.2) is 78.2 Å². The lowest BCUT2D eigenvalue weighted by Crippen LogP contribution is -2.58. The highest BCUT2D eigenvalue weighted by Gasteiger charge is 2.45. The molecule has 19 N–H and O–H groups in total. The van der Waals surface area contributed by atoms with Gasteiger partial charge in [-0.3, -0.25) is 91.3 Å². The quantitative estimate of drug-likeness (QED) is 0.0215. The van der Waals surface area contributed by atoms with Crippen molar-refractivity contribution in [3.63, 3.8) is 0 Å². The number of aromatic nitrogens is 2. The van der Waals surface area contributed by atoms with Gasteiger partial charge < -0.3 is 109 Å². The number of aliphatic hydroxyl groups is 2. The normalized spacial score (nSPS) is 18.3. The molecule has 0 unspecified atom stereocenters.